The van der Waals surface area contributed by atoms with Gasteiger partial charge in [-0.25, -0.2) is 0 Å². The van der Waals surface area contributed by atoms with Crippen LogP contribution in [-0.2, 0) is 4.79 Å². The number of nitrogens with one attached hydrogen (secondary N) is 1. The fraction of sp³-hybridized carbons (Fsp3) is 0.500. The van der Waals surface area contributed by atoms with E-state index in [1.807, 2.05) is 25.1 Å². The molecule has 3 N–H and O–H groups in total. The van der Waals surface area contributed by atoms with Gasteiger partial charge in [0, 0.05) is 12.0 Å². The third-order valence-electron chi connectivity index (χ3n) is 2.89. The van der Waals surface area contributed by atoms with Crippen molar-refractivity contribution in [1.82, 2.24) is 5.32 Å². The zero-order chi connectivity index (χ0) is 14.3. The molecule has 1 aromatic rings. The van der Waals surface area contributed by atoms with Crippen molar-refractivity contribution in [2.75, 3.05) is 20.8 Å². The third kappa shape index (κ3) is 4.44. The van der Waals surface area contributed by atoms with E-state index >= 15 is 0 Å². The number of carbonyl (C=O) groups is 1. The molecule has 0 aliphatic carbocycles. The zero-order valence-electron chi connectivity index (χ0n) is 11.7. The van der Waals surface area contributed by atoms with Crippen molar-refractivity contribution in [2.24, 2.45) is 5.73 Å². The van der Waals surface area contributed by atoms with Crippen LogP contribution in [0.15, 0.2) is 18.2 Å². The molecule has 0 bridgehead atoms. The molecule has 0 aromatic heterocycles. The lowest BCUT2D eigenvalue weighted by Gasteiger charge is -2.18. The highest BCUT2D eigenvalue weighted by molar-refractivity contribution is 5.76. The average molecular weight is 266 g/mol. The van der Waals surface area contributed by atoms with Crippen LogP contribution in [0.3, 0.4) is 0 Å². The molecule has 5 nitrogen and oxygen atoms in total. The number of hydrogen-bond acceptors (Lipinski definition) is 4. The van der Waals surface area contributed by atoms with Gasteiger partial charge in [-0.2, -0.15) is 0 Å². The van der Waals surface area contributed by atoms with Gasteiger partial charge in [-0.3, -0.25) is 4.79 Å². The molecule has 1 unspecified atom stereocenters. The fourth-order valence-electron chi connectivity index (χ4n) is 1.83. The molecule has 0 aliphatic rings. The topological polar surface area (TPSA) is 73.6 Å². The molecule has 0 aliphatic heterocycles. The first kappa shape index (κ1) is 15.3. The van der Waals surface area contributed by atoms with Crippen molar-refractivity contribution in [1.29, 1.82) is 0 Å². The molecule has 0 saturated heterocycles. The van der Waals surface area contributed by atoms with E-state index in [0.29, 0.717) is 19.4 Å². The smallest absolute Gasteiger partial charge is 0.220 e. The van der Waals surface area contributed by atoms with Crippen LogP contribution >= 0.6 is 0 Å². The van der Waals surface area contributed by atoms with Crippen molar-refractivity contribution in [2.45, 2.75) is 25.8 Å². The van der Waals surface area contributed by atoms with E-state index in [4.69, 9.17) is 15.2 Å². The number of nitrogens with two attached hydrogens (primary N) is 1. The maximum Gasteiger partial charge on any atom is 0.220 e. The Morgan fingerprint density at radius 1 is 1.37 bits per heavy atom. The lowest BCUT2D eigenvalue weighted by Crippen LogP contribution is -2.27. The Labute approximate surface area is 114 Å². The second kappa shape index (κ2) is 7.63. The molecule has 0 spiro atoms. The van der Waals surface area contributed by atoms with E-state index in [2.05, 4.69) is 5.32 Å². The van der Waals surface area contributed by atoms with Crippen LogP contribution in [-0.4, -0.2) is 26.7 Å². The highest BCUT2D eigenvalue weighted by atomic mass is 16.5. The minimum absolute atomic E-state index is 0.0113. The molecule has 106 valence electrons. The van der Waals surface area contributed by atoms with Gasteiger partial charge < -0.3 is 20.5 Å². The summed E-state index contributed by atoms with van der Waals surface area (Å²) in [6, 6.07) is 5.38. The molecule has 0 heterocycles. The molecular weight excluding hydrogens is 244 g/mol. The first-order chi connectivity index (χ1) is 9.12. The Morgan fingerprint density at radius 2 is 2.11 bits per heavy atom. The number of ether oxygens (including phenoxy) is 2. The quantitative estimate of drug-likeness (QED) is 0.786. The predicted molar refractivity (Wildman–Crippen MR) is 74.4 cm³/mol. The van der Waals surface area contributed by atoms with E-state index in [-0.39, 0.29) is 11.9 Å². The lowest BCUT2D eigenvalue weighted by atomic mass is 10.1. The number of carbonyl (C=O) groups excluding carboxylic acids is 1. The van der Waals surface area contributed by atoms with Gasteiger partial charge in [-0.05, 0) is 38.1 Å². The van der Waals surface area contributed by atoms with Gasteiger partial charge in [0.2, 0.25) is 5.91 Å². The van der Waals surface area contributed by atoms with Gasteiger partial charge in [0.1, 0.15) is 11.5 Å². The van der Waals surface area contributed by atoms with Crippen LogP contribution in [0.25, 0.3) is 0 Å². The lowest BCUT2D eigenvalue weighted by molar-refractivity contribution is -0.121. The Morgan fingerprint density at radius 3 is 2.68 bits per heavy atom. The third-order valence-corrected chi connectivity index (χ3v) is 2.89. The van der Waals surface area contributed by atoms with Gasteiger partial charge in [0.25, 0.3) is 0 Å². The summed E-state index contributed by atoms with van der Waals surface area (Å²) in [4.78, 5) is 11.7. The first-order valence-corrected chi connectivity index (χ1v) is 6.33. The van der Waals surface area contributed by atoms with E-state index in [0.717, 1.165) is 17.1 Å². The number of hydrogen-bond donors (Lipinski definition) is 2. The molecule has 1 rings (SSSR count). The van der Waals surface area contributed by atoms with Crippen LogP contribution in [0.5, 0.6) is 11.5 Å². The number of rotatable bonds is 7. The summed E-state index contributed by atoms with van der Waals surface area (Å²) in [5, 5.41) is 2.93. The Bertz CT molecular complexity index is 421. The van der Waals surface area contributed by atoms with Crippen LogP contribution in [0.4, 0.5) is 0 Å². The maximum atomic E-state index is 11.7. The highest BCUT2D eigenvalue weighted by Crippen LogP contribution is 2.29. The fourth-order valence-corrected chi connectivity index (χ4v) is 1.83. The molecular formula is C14H22N2O3. The first-order valence-electron chi connectivity index (χ1n) is 6.33. The summed E-state index contributed by atoms with van der Waals surface area (Å²) < 4.78 is 10.5. The summed E-state index contributed by atoms with van der Waals surface area (Å²) in [6.45, 7) is 2.43. The van der Waals surface area contributed by atoms with Gasteiger partial charge >= 0.3 is 0 Å². The van der Waals surface area contributed by atoms with E-state index in [1.54, 1.807) is 14.2 Å². The summed E-state index contributed by atoms with van der Waals surface area (Å²) in [6.07, 6.45) is 1.13. The summed E-state index contributed by atoms with van der Waals surface area (Å²) in [7, 11) is 3.21. The molecule has 0 saturated carbocycles. The number of amides is 1. The second-order valence-corrected chi connectivity index (χ2v) is 4.29. The maximum absolute atomic E-state index is 11.7. The second-order valence-electron chi connectivity index (χ2n) is 4.29. The normalized spacial score (nSPS) is 11.8. The standard InChI is InChI=1S/C14H22N2O3/c1-10(16-14(17)5-4-8-15)12-9-11(18-2)6-7-13(12)19-3/h6-7,9-10H,4-5,8,15H2,1-3H3,(H,16,17). The molecule has 0 fully saturated rings. The molecule has 1 amide bonds. The summed E-state index contributed by atoms with van der Waals surface area (Å²) in [5.74, 6) is 1.45. The van der Waals surface area contributed by atoms with Gasteiger partial charge in [0.05, 0.1) is 20.3 Å². The predicted octanol–water partition coefficient (Wildman–Crippen LogP) is 1.62. The largest absolute Gasteiger partial charge is 0.497 e. The van der Waals surface area contributed by atoms with Crippen LogP contribution < -0.4 is 20.5 Å². The number of methoxy groups -OCH3 is 2. The Balaban J connectivity index is 2.79. The highest BCUT2D eigenvalue weighted by Gasteiger charge is 2.14. The average Bonchev–Trinajstić information content (AvgIpc) is 2.44. The summed E-state index contributed by atoms with van der Waals surface area (Å²) in [5.41, 5.74) is 6.28. The van der Waals surface area contributed by atoms with Crippen LogP contribution in [0, 0.1) is 0 Å². The molecule has 19 heavy (non-hydrogen) atoms. The summed E-state index contributed by atoms with van der Waals surface area (Å²) >= 11 is 0. The Hall–Kier alpha value is -1.75. The molecule has 1 aromatic carbocycles. The number of benzene rings is 1. The SMILES string of the molecule is COc1ccc(OC)c(C(C)NC(=O)CCCN)c1. The van der Waals surface area contributed by atoms with Crippen molar-refractivity contribution < 1.29 is 14.3 Å². The Kier molecular flexibility index (Phi) is 6.15. The van der Waals surface area contributed by atoms with E-state index < -0.39 is 0 Å². The van der Waals surface area contributed by atoms with Gasteiger partial charge in [0.15, 0.2) is 0 Å². The molecule has 1 atom stereocenters. The molecule has 0 radical (unpaired) electrons. The van der Waals surface area contributed by atoms with Crippen molar-refractivity contribution in [3.8, 4) is 11.5 Å². The minimum Gasteiger partial charge on any atom is -0.497 e. The van der Waals surface area contributed by atoms with Crippen molar-refractivity contribution in [3.63, 3.8) is 0 Å². The minimum atomic E-state index is -0.143. The van der Waals surface area contributed by atoms with Crippen molar-refractivity contribution in [3.05, 3.63) is 23.8 Å². The van der Waals surface area contributed by atoms with Crippen LogP contribution in [0.1, 0.15) is 31.4 Å². The van der Waals surface area contributed by atoms with Crippen molar-refractivity contribution >= 4 is 5.91 Å². The van der Waals surface area contributed by atoms with E-state index in [9.17, 15) is 4.79 Å². The van der Waals surface area contributed by atoms with Gasteiger partial charge in [-0.1, -0.05) is 0 Å². The van der Waals surface area contributed by atoms with Crippen LogP contribution in [0.2, 0.25) is 0 Å². The molecule has 5 heteroatoms. The monoisotopic (exact) mass is 266 g/mol. The van der Waals surface area contributed by atoms with Gasteiger partial charge in [-0.15, -0.1) is 0 Å². The zero-order valence-corrected chi connectivity index (χ0v) is 11.7. The van der Waals surface area contributed by atoms with E-state index in [1.165, 1.54) is 0 Å².